The molecule has 4 aliphatic heterocycles. The number of ether oxygens (including phenoxy) is 1. The molecule has 8 aliphatic rings. The molecule has 3 aromatic rings. The van der Waals surface area contributed by atoms with Crippen molar-refractivity contribution >= 4 is 78.6 Å². The highest BCUT2D eigenvalue weighted by Crippen LogP contribution is 2.54. The van der Waals surface area contributed by atoms with E-state index in [1.165, 1.54) is 129 Å². The Hall–Kier alpha value is -3.11. The van der Waals surface area contributed by atoms with Crippen LogP contribution in [0.15, 0.2) is 65.6 Å². The average Bonchev–Trinajstić information content (AvgIpc) is 1.36. The number of sulfonamides is 2. The van der Waals surface area contributed by atoms with Crippen LogP contribution in [0.4, 0.5) is 52.7 Å². The molecule has 0 radical (unpaired) electrons. The van der Waals surface area contributed by atoms with Gasteiger partial charge in [-0.3, -0.25) is 4.79 Å². The number of alkyl halides is 12. The minimum Gasteiger partial charge on any atom is -0.743 e. The number of nitrogens with zero attached hydrogens (tertiary/aromatic N) is 2. The second-order valence-electron chi connectivity index (χ2n) is 27.5. The van der Waals surface area contributed by atoms with Crippen molar-refractivity contribution in [1.82, 2.24) is 8.61 Å². The van der Waals surface area contributed by atoms with Gasteiger partial charge in [0.1, 0.15) is 28.8 Å². The Balaban J connectivity index is 0.000000165. The predicted molar refractivity (Wildman–Crippen MR) is 348 cm³/mol. The molecule has 11 rings (SSSR count). The lowest BCUT2D eigenvalue weighted by Crippen LogP contribution is -2.64. The van der Waals surface area contributed by atoms with Crippen molar-refractivity contribution < 1.29 is 105 Å². The third-order valence-corrected chi connectivity index (χ3v) is 32.2. The van der Waals surface area contributed by atoms with Crippen LogP contribution in [-0.2, 0) is 62.1 Å². The molecule has 14 nitrogen and oxygen atoms in total. The van der Waals surface area contributed by atoms with Crippen LogP contribution in [0.3, 0.4) is 0 Å². The van der Waals surface area contributed by atoms with E-state index >= 15 is 0 Å². The summed E-state index contributed by atoms with van der Waals surface area (Å²) in [6.07, 6.45) is 24.7. The number of Topliss-reactive ketones (excluding diaryl/α,β-unsaturated/α-hetero) is 1. The molecule has 4 atom stereocenters. The fourth-order valence-electron chi connectivity index (χ4n) is 14.9. The quantitative estimate of drug-likeness (QED) is 0.0503. The van der Waals surface area contributed by atoms with Gasteiger partial charge in [0.15, 0.2) is 29.9 Å². The molecule has 4 saturated carbocycles. The first-order valence-electron chi connectivity index (χ1n) is 33.5. The molecule has 0 aromatic heterocycles. The van der Waals surface area contributed by atoms with E-state index in [-0.39, 0.29) is 60.8 Å². The van der Waals surface area contributed by atoms with E-state index in [9.17, 15) is 100 Å². The smallest absolute Gasteiger partial charge is 0.428 e. The highest BCUT2D eigenvalue weighted by Gasteiger charge is 2.82. The maximum absolute atomic E-state index is 14.0. The molecular formula is C65H88F12N2O12S6. The van der Waals surface area contributed by atoms with Crippen molar-refractivity contribution in [2.45, 2.75) is 216 Å². The van der Waals surface area contributed by atoms with E-state index in [1.54, 1.807) is 4.90 Å². The van der Waals surface area contributed by atoms with Gasteiger partial charge in [0.05, 0.1) is 6.61 Å². The van der Waals surface area contributed by atoms with Gasteiger partial charge in [-0.05, 0) is 150 Å². The van der Waals surface area contributed by atoms with Gasteiger partial charge in [-0.15, -0.1) is 0 Å². The van der Waals surface area contributed by atoms with Gasteiger partial charge in [-0.2, -0.15) is 61.3 Å². The number of fused-ring (bicyclic) bond motifs is 3. The first-order valence-corrected chi connectivity index (χ1v) is 42.3. The summed E-state index contributed by atoms with van der Waals surface area (Å²) >= 11 is 0. The SMILES string of the molecule is CC(C)(C(=O)c1ccc(C2CCCCC2)cc1)[S+]1CCCC1.O=S(=O)([O-])C(F)(F)C(F)(F)C(F)(F)S(=O)(=O)N1CCC2CCCCC2C1.O=S(=O)([O-])C(F)(F)C(F)(F)C(F)(F)S(=O)(=O)N1CCC2CCCCC2C1.c1ccc2c([S+]3CCCC3)ccc(OCC3CCCCC3)c2c1. The highest BCUT2D eigenvalue weighted by atomic mass is 32.2. The number of benzene rings is 3. The molecule has 8 fully saturated rings. The normalized spacial score (nSPS) is 24.2. The van der Waals surface area contributed by atoms with E-state index in [1.807, 2.05) is 0 Å². The summed E-state index contributed by atoms with van der Waals surface area (Å²) in [6.45, 7) is 2.98. The van der Waals surface area contributed by atoms with Gasteiger partial charge >= 0.3 is 32.9 Å². The van der Waals surface area contributed by atoms with E-state index in [0.717, 1.165) is 55.4 Å². The molecule has 3 aromatic carbocycles. The maximum atomic E-state index is 14.0. The number of hydrogen-bond acceptors (Lipinski definition) is 12. The molecule has 97 heavy (non-hydrogen) atoms. The van der Waals surface area contributed by atoms with E-state index in [2.05, 4.69) is 74.5 Å². The summed E-state index contributed by atoms with van der Waals surface area (Å²) in [5.74, 6) is -6.39. The molecule has 32 heteroatoms. The molecule has 4 saturated heterocycles. The third kappa shape index (κ3) is 16.8. The zero-order valence-corrected chi connectivity index (χ0v) is 59.2. The van der Waals surface area contributed by atoms with Crippen molar-refractivity contribution in [3.05, 3.63) is 71.8 Å². The first kappa shape index (κ1) is 79.6. The Labute approximate surface area is 568 Å². The van der Waals surface area contributed by atoms with Crippen molar-refractivity contribution in [3.63, 3.8) is 0 Å². The molecule has 0 amide bonds. The summed E-state index contributed by atoms with van der Waals surface area (Å²) < 4.78 is 279. The molecular weight excluding hydrogens is 1420 g/mol. The summed E-state index contributed by atoms with van der Waals surface area (Å²) in [5, 5.41) is -23.8. The zero-order valence-electron chi connectivity index (χ0n) is 54.4. The monoisotopic (exact) mass is 1510 g/mol. The minimum atomic E-state index is -7.25. The Morgan fingerprint density at radius 1 is 0.474 bits per heavy atom. The standard InChI is InChI=1S/C21H27OS.C20H29OS.2C12H17F6NO5S2/c1-2-8-17(9-3-1)16-22-20-12-13-21(23-14-6-7-15-23)19-11-5-4-10-18(19)20;1-20(2,22-14-6-7-15-22)19(21)18-12-10-17(11-13-18)16-8-4-3-5-9-16;2*13-10(14,12(17,18)26(22,23)24)11(15,16)25(20,21)19-6-5-8-3-1-2-4-9(8)7-19/h4-5,10-13,17H,1-3,6-9,14-16H2;10-13,16H,3-9,14-15H2,1-2H3;2*8-9H,1-7H2,(H,22,23,24)/q2*+1;;/p-2. The summed E-state index contributed by atoms with van der Waals surface area (Å²) in [5.41, 5.74) is 2.36. The lowest BCUT2D eigenvalue weighted by atomic mass is 9.76. The second kappa shape index (κ2) is 31.5. The molecule has 550 valence electrons. The van der Waals surface area contributed by atoms with Crippen molar-refractivity contribution in [3.8, 4) is 5.75 Å². The molecule has 0 N–H and O–H groups in total. The fraction of sp³-hybridized carbons (Fsp3) is 0.738. The molecule has 0 spiro atoms. The van der Waals surface area contributed by atoms with Crippen LogP contribution in [-0.4, -0.2) is 151 Å². The third-order valence-electron chi connectivity index (χ3n) is 20.9. The number of piperidine rings is 2. The number of ketones is 1. The van der Waals surface area contributed by atoms with Crippen molar-refractivity contribution in [2.75, 3.05) is 55.8 Å². The summed E-state index contributed by atoms with van der Waals surface area (Å²) in [6, 6.07) is 22.1. The van der Waals surface area contributed by atoms with E-state index < -0.39 is 99.3 Å². The van der Waals surface area contributed by atoms with Crippen molar-refractivity contribution in [1.29, 1.82) is 0 Å². The maximum Gasteiger partial charge on any atom is 0.428 e. The zero-order chi connectivity index (χ0) is 71.4. The van der Waals surface area contributed by atoms with Crippen LogP contribution in [0.25, 0.3) is 10.8 Å². The molecule has 0 bridgehead atoms. The number of halogens is 12. The number of rotatable bonds is 18. The molecule has 4 heterocycles. The van der Waals surface area contributed by atoms with E-state index in [0.29, 0.717) is 42.4 Å². The van der Waals surface area contributed by atoms with Gasteiger partial charge in [0.2, 0.25) is 5.78 Å². The second-order valence-corrected chi connectivity index (χ2v) is 39.3. The van der Waals surface area contributed by atoms with Crippen LogP contribution in [0.2, 0.25) is 0 Å². The van der Waals surface area contributed by atoms with Crippen LogP contribution in [0.1, 0.15) is 190 Å². The van der Waals surface area contributed by atoms with Crippen LogP contribution < -0.4 is 4.74 Å². The highest BCUT2D eigenvalue weighted by molar-refractivity contribution is 7.99. The Morgan fingerprint density at radius 2 is 0.876 bits per heavy atom. The average molecular weight is 1510 g/mol. The first-order chi connectivity index (χ1) is 45.1. The number of carbonyl (C=O) groups is 1. The van der Waals surface area contributed by atoms with Gasteiger partial charge in [0.25, 0.3) is 20.0 Å². The Kier molecular flexibility index (Phi) is 25.8. The largest absolute Gasteiger partial charge is 0.743 e. The lowest BCUT2D eigenvalue weighted by molar-refractivity contribution is -0.247. The number of carbonyl (C=O) groups excluding carboxylic acids is 1. The van der Waals surface area contributed by atoms with E-state index in [4.69, 9.17) is 4.74 Å². The summed E-state index contributed by atoms with van der Waals surface area (Å²) in [4.78, 5) is 14.5. The topological polar surface area (TPSA) is 215 Å². The lowest BCUT2D eigenvalue weighted by Gasteiger charge is -2.42. The predicted octanol–water partition coefficient (Wildman–Crippen LogP) is 15.1. The Morgan fingerprint density at radius 3 is 1.32 bits per heavy atom. The fourth-order valence-corrected chi connectivity index (χ4v) is 24.2. The van der Waals surface area contributed by atoms with Crippen LogP contribution in [0.5, 0.6) is 5.75 Å². The van der Waals surface area contributed by atoms with Gasteiger partial charge < -0.3 is 13.8 Å². The van der Waals surface area contributed by atoms with Gasteiger partial charge in [0, 0.05) is 64.3 Å². The van der Waals surface area contributed by atoms with Crippen LogP contribution in [0, 0.1) is 29.6 Å². The number of hydrogen-bond donors (Lipinski definition) is 0. The Bertz CT molecular complexity index is 3500. The van der Waals surface area contributed by atoms with Gasteiger partial charge in [-0.1, -0.05) is 120 Å². The molecule has 4 unspecified atom stereocenters. The molecule has 4 aliphatic carbocycles. The van der Waals surface area contributed by atoms with Gasteiger partial charge in [-0.25, -0.2) is 33.7 Å². The minimum absolute atomic E-state index is 0.0130. The van der Waals surface area contributed by atoms with Crippen LogP contribution >= 0.6 is 0 Å². The summed E-state index contributed by atoms with van der Waals surface area (Å²) in [7, 11) is -26.5. The van der Waals surface area contributed by atoms with Crippen molar-refractivity contribution in [2.24, 2.45) is 29.6 Å².